The van der Waals surface area contributed by atoms with Crippen LogP contribution in [-0.2, 0) is 19.5 Å². The van der Waals surface area contributed by atoms with Gasteiger partial charge in [0.2, 0.25) is 0 Å². The summed E-state index contributed by atoms with van der Waals surface area (Å²) >= 11 is 7.48. The van der Waals surface area contributed by atoms with Gasteiger partial charge in [-0.25, -0.2) is 14.4 Å². The number of hydrogen-bond acceptors (Lipinski definition) is 3. The smallest absolute Gasteiger partial charge is 0.191 e. The maximum atomic E-state index is 13.2. The molecule has 0 spiro atoms. The van der Waals surface area contributed by atoms with Gasteiger partial charge in [-0.15, -0.1) is 11.3 Å². The molecular weight excluding hydrogens is 335 g/mol. The summed E-state index contributed by atoms with van der Waals surface area (Å²) in [7, 11) is 0. The lowest BCUT2D eigenvalue weighted by atomic mass is 10.2. The van der Waals surface area contributed by atoms with E-state index in [-0.39, 0.29) is 5.02 Å². The first-order chi connectivity index (χ1) is 11.1. The predicted octanol–water partition coefficient (Wildman–Crippen LogP) is 3.75. The van der Waals surface area contributed by atoms with E-state index >= 15 is 0 Å². The van der Waals surface area contributed by atoms with Gasteiger partial charge in [-0.05, 0) is 31.0 Å². The molecule has 0 aliphatic rings. The van der Waals surface area contributed by atoms with Crippen molar-refractivity contribution in [3.63, 3.8) is 0 Å². The summed E-state index contributed by atoms with van der Waals surface area (Å²) in [6.07, 6.45) is 2.91. The minimum absolute atomic E-state index is 0.116. The molecule has 0 saturated carbocycles. The Kier molecular flexibility index (Phi) is 6.80. The maximum Gasteiger partial charge on any atom is 0.191 e. The van der Waals surface area contributed by atoms with E-state index in [4.69, 9.17) is 11.6 Å². The molecule has 0 fully saturated rings. The van der Waals surface area contributed by atoms with Crippen molar-refractivity contribution in [1.29, 1.82) is 0 Å². The summed E-state index contributed by atoms with van der Waals surface area (Å²) in [5, 5.41) is 7.57. The molecule has 0 saturated heterocycles. The van der Waals surface area contributed by atoms with Crippen LogP contribution in [0.3, 0.4) is 0 Å². The summed E-state index contributed by atoms with van der Waals surface area (Å²) < 4.78 is 13.2. The molecule has 0 bridgehead atoms. The number of hydrogen-bond donors (Lipinski definition) is 2. The van der Waals surface area contributed by atoms with Crippen molar-refractivity contribution in [1.82, 2.24) is 15.6 Å². The number of thiazole rings is 1. The summed E-state index contributed by atoms with van der Waals surface area (Å²) in [5.74, 6) is 0.279. The molecule has 2 N–H and O–H groups in total. The van der Waals surface area contributed by atoms with Crippen LogP contribution in [0.25, 0.3) is 0 Å². The topological polar surface area (TPSA) is 49.3 Å². The fourth-order valence-corrected chi connectivity index (χ4v) is 2.91. The Bertz CT molecular complexity index is 672. The van der Waals surface area contributed by atoms with Crippen LogP contribution >= 0.6 is 22.9 Å². The molecule has 2 aromatic rings. The molecule has 0 amide bonds. The Labute approximate surface area is 144 Å². The van der Waals surface area contributed by atoms with Gasteiger partial charge in [0.05, 0.1) is 18.1 Å². The summed E-state index contributed by atoms with van der Waals surface area (Å²) in [6, 6.07) is 4.64. The number of rotatable bonds is 6. The third-order valence-electron chi connectivity index (χ3n) is 3.10. The Morgan fingerprint density at radius 2 is 2.17 bits per heavy atom. The van der Waals surface area contributed by atoms with Crippen LogP contribution in [0.1, 0.15) is 29.3 Å². The zero-order chi connectivity index (χ0) is 16.7. The van der Waals surface area contributed by atoms with E-state index < -0.39 is 5.82 Å². The van der Waals surface area contributed by atoms with Crippen LogP contribution in [0, 0.1) is 5.82 Å². The molecule has 0 aliphatic heterocycles. The van der Waals surface area contributed by atoms with Gasteiger partial charge >= 0.3 is 0 Å². The predicted molar refractivity (Wildman–Crippen MR) is 94.6 cm³/mol. The molecule has 0 aliphatic carbocycles. The van der Waals surface area contributed by atoms with E-state index in [0.29, 0.717) is 19.0 Å². The molecule has 1 aromatic carbocycles. The van der Waals surface area contributed by atoms with E-state index in [1.807, 2.05) is 13.1 Å². The van der Waals surface area contributed by atoms with Gasteiger partial charge < -0.3 is 10.6 Å². The highest BCUT2D eigenvalue weighted by atomic mass is 35.5. The number of nitrogens with zero attached hydrogens (tertiary/aromatic N) is 2. The third kappa shape index (κ3) is 5.48. The van der Waals surface area contributed by atoms with E-state index in [9.17, 15) is 4.39 Å². The first-order valence-electron chi connectivity index (χ1n) is 7.52. The molecule has 2 rings (SSSR count). The van der Waals surface area contributed by atoms with Gasteiger partial charge in [0.1, 0.15) is 10.8 Å². The second-order valence-corrected chi connectivity index (χ2v) is 6.48. The normalized spacial score (nSPS) is 11.6. The highest BCUT2D eigenvalue weighted by molar-refractivity contribution is 7.11. The van der Waals surface area contributed by atoms with Crippen LogP contribution in [0.2, 0.25) is 5.02 Å². The molecule has 7 heteroatoms. The number of nitrogens with one attached hydrogen (secondary N) is 2. The van der Waals surface area contributed by atoms with Crippen molar-refractivity contribution in [3.05, 3.63) is 50.7 Å². The molecular formula is C16H20ClFN4S. The number of guanidine groups is 1. The minimum Gasteiger partial charge on any atom is -0.357 e. The first kappa shape index (κ1) is 17.7. The molecule has 1 aromatic heterocycles. The van der Waals surface area contributed by atoms with Crippen LogP contribution in [0.15, 0.2) is 29.4 Å². The van der Waals surface area contributed by atoms with Crippen LogP contribution in [0.5, 0.6) is 0 Å². The van der Waals surface area contributed by atoms with Crippen molar-refractivity contribution in [2.24, 2.45) is 4.99 Å². The first-order valence-corrected chi connectivity index (χ1v) is 8.71. The van der Waals surface area contributed by atoms with E-state index in [2.05, 4.69) is 27.5 Å². The van der Waals surface area contributed by atoms with Gasteiger partial charge in [0, 0.05) is 17.6 Å². The third-order valence-corrected chi connectivity index (χ3v) is 4.54. The van der Waals surface area contributed by atoms with Crippen molar-refractivity contribution >= 4 is 28.9 Å². The van der Waals surface area contributed by atoms with Gasteiger partial charge in [-0.2, -0.15) is 0 Å². The molecule has 0 atom stereocenters. The summed E-state index contributed by atoms with van der Waals surface area (Å²) in [6.45, 7) is 5.93. The van der Waals surface area contributed by atoms with Crippen LogP contribution in [-0.4, -0.2) is 17.5 Å². The Morgan fingerprint density at radius 1 is 1.35 bits per heavy atom. The second-order valence-electron chi connectivity index (χ2n) is 4.87. The van der Waals surface area contributed by atoms with Crippen molar-refractivity contribution in [3.8, 4) is 0 Å². The number of aliphatic imine (C=N–C) groups is 1. The molecule has 23 heavy (non-hydrogen) atoms. The minimum atomic E-state index is -0.417. The number of halogens is 2. The Hall–Kier alpha value is -1.66. The second kappa shape index (κ2) is 8.84. The van der Waals surface area contributed by atoms with Gasteiger partial charge in [-0.1, -0.05) is 24.6 Å². The maximum absolute atomic E-state index is 13.2. The molecule has 4 nitrogen and oxygen atoms in total. The lowest BCUT2D eigenvalue weighted by Crippen LogP contribution is -2.36. The summed E-state index contributed by atoms with van der Waals surface area (Å²) in [5.41, 5.74) is 0.858. The van der Waals surface area contributed by atoms with Crippen molar-refractivity contribution in [2.75, 3.05) is 6.54 Å². The van der Waals surface area contributed by atoms with Crippen LogP contribution in [0.4, 0.5) is 4.39 Å². The number of aryl methyl sites for hydroxylation is 1. The van der Waals surface area contributed by atoms with Crippen molar-refractivity contribution in [2.45, 2.75) is 33.4 Å². The summed E-state index contributed by atoms with van der Waals surface area (Å²) in [4.78, 5) is 10.1. The molecule has 0 radical (unpaired) electrons. The zero-order valence-corrected chi connectivity index (χ0v) is 14.8. The zero-order valence-electron chi connectivity index (χ0n) is 13.2. The standard InChI is InChI=1S/C16H20ClFN4S/c1-3-12-9-20-15(23-12)10-22-16(19-4-2)21-8-11-5-6-14(18)13(17)7-11/h5-7,9H,3-4,8,10H2,1-2H3,(H2,19,21,22). The highest BCUT2D eigenvalue weighted by Gasteiger charge is 2.04. The highest BCUT2D eigenvalue weighted by Crippen LogP contribution is 2.16. The number of aromatic nitrogens is 1. The van der Waals surface area contributed by atoms with Crippen LogP contribution < -0.4 is 10.6 Å². The Balaban J connectivity index is 1.97. The average Bonchev–Trinajstić information content (AvgIpc) is 3.01. The molecule has 124 valence electrons. The van der Waals surface area contributed by atoms with Gasteiger partial charge in [-0.3, -0.25) is 0 Å². The van der Waals surface area contributed by atoms with Gasteiger partial charge in [0.25, 0.3) is 0 Å². The molecule has 1 heterocycles. The lowest BCUT2D eigenvalue weighted by molar-refractivity contribution is 0.627. The Morgan fingerprint density at radius 3 is 2.83 bits per heavy atom. The van der Waals surface area contributed by atoms with Gasteiger partial charge in [0.15, 0.2) is 5.96 Å². The number of benzene rings is 1. The quantitative estimate of drug-likeness (QED) is 0.613. The monoisotopic (exact) mass is 354 g/mol. The molecule has 0 unspecified atom stereocenters. The van der Waals surface area contributed by atoms with Crippen molar-refractivity contribution < 1.29 is 4.39 Å². The largest absolute Gasteiger partial charge is 0.357 e. The van der Waals surface area contributed by atoms with E-state index in [0.717, 1.165) is 23.5 Å². The SMILES string of the molecule is CCNC(=NCc1ccc(F)c(Cl)c1)NCc1ncc(CC)s1. The van der Waals surface area contributed by atoms with E-state index in [1.54, 1.807) is 23.5 Å². The fraction of sp³-hybridized carbons (Fsp3) is 0.375. The van der Waals surface area contributed by atoms with E-state index in [1.165, 1.54) is 10.9 Å². The fourth-order valence-electron chi connectivity index (χ4n) is 1.90. The lowest BCUT2D eigenvalue weighted by Gasteiger charge is -2.10. The average molecular weight is 355 g/mol.